The molecule has 1 amide bonds. The van der Waals surface area contributed by atoms with Gasteiger partial charge in [-0.1, -0.05) is 19.1 Å². The van der Waals surface area contributed by atoms with E-state index in [0.717, 1.165) is 12.8 Å². The van der Waals surface area contributed by atoms with Gasteiger partial charge in [0.2, 0.25) is 5.91 Å². The number of amides is 1. The van der Waals surface area contributed by atoms with Gasteiger partial charge in [0.1, 0.15) is 6.04 Å². The molecule has 19 heavy (non-hydrogen) atoms. The first-order valence-corrected chi connectivity index (χ1v) is 7.20. The van der Waals surface area contributed by atoms with E-state index >= 15 is 0 Å². The number of thiocarbonyl (C=S) groups is 1. The van der Waals surface area contributed by atoms with Crippen LogP contribution in [0.5, 0.6) is 0 Å². The third-order valence-corrected chi connectivity index (χ3v) is 3.68. The highest BCUT2D eigenvalue weighted by atomic mass is 32.1. The maximum Gasteiger partial charge on any atom is 0.328 e. The largest absolute Gasteiger partial charge is 0.464 e. The zero-order valence-corrected chi connectivity index (χ0v) is 12.4. The number of carbonyl (C=O) groups excluding carboxylic acids is 2. The van der Waals surface area contributed by atoms with Crippen molar-refractivity contribution in [3.63, 3.8) is 0 Å². The molecule has 0 bridgehead atoms. The highest BCUT2D eigenvalue weighted by Gasteiger charge is 2.36. The number of rotatable bonds is 5. The smallest absolute Gasteiger partial charge is 0.328 e. The van der Waals surface area contributed by atoms with Gasteiger partial charge in [-0.3, -0.25) is 4.79 Å². The molecule has 0 aromatic heterocycles. The van der Waals surface area contributed by atoms with Crippen molar-refractivity contribution in [2.24, 2.45) is 11.7 Å². The topological polar surface area (TPSA) is 72.6 Å². The number of hydrogen-bond donors (Lipinski definition) is 1. The van der Waals surface area contributed by atoms with Crippen LogP contribution in [0.1, 0.15) is 39.5 Å². The molecular weight excluding hydrogens is 264 g/mol. The molecule has 2 atom stereocenters. The number of piperidine rings is 1. The summed E-state index contributed by atoms with van der Waals surface area (Å²) < 4.78 is 5.04. The van der Waals surface area contributed by atoms with Crippen LogP contribution in [0, 0.1) is 5.92 Å². The van der Waals surface area contributed by atoms with Gasteiger partial charge < -0.3 is 15.4 Å². The van der Waals surface area contributed by atoms with Crippen molar-refractivity contribution < 1.29 is 14.3 Å². The monoisotopic (exact) mass is 286 g/mol. The van der Waals surface area contributed by atoms with Crippen molar-refractivity contribution >= 4 is 29.1 Å². The third-order valence-electron chi connectivity index (χ3n) is 3.39. The Morgan fingerprint density at radius 2 is 2.11 bits per heavy atom. The highest BCUT2D eigenvalue weighted by molar-refractivity contribution is 7.80. The lowest BCUT2D eigenvalue weighted by Gasteiger charge is -2.35. The number of nitrogens with two attached hydrogens (primary N) is 1. The average Bonchev–Trinajstić information content (AvgIpc) is 2.39. The van der Waals surface area contributed by atoms with Gasteiger partial charge >= 0.3 is 5.97 Å². The molecule has 0 radical (unpaired) electrons. The molecule has 108 valence electrons. The van der Waals surface area contributed by atoms with Gasteiger partial charge in [-0.2, -0.15) is 0 Å². The van der Waals surface area contributed by atoms with E-state index in [0.29, 0.717) is 26.0 Å². The zero-order chi connectivity index (χ0) is 14.4. The van der Waals surface area contributed by atoms with Crippen LogP contribution < -0.4 is 5.73 Å². The van der Waals surface area contributed by atoms with Gasteiger partial charge in [-0.15, -0.1) is 0 Å². The van der Waals surface area contributed by atoms with E-state index < -0.39 is 12.0 Å². The molecule has 0 saturated carbocycles. The number of likely N-dealkylation sites (tertiary alicyclic amines) is 1. The molecule has 0 aromatic carbocycles. The summed E-state index contributed by atoms with van der Waals surface area (Å²) in [6.07, 6.45) is 3.03. The molecule has 1 aliphatic heterocycles. The lowest BCUT2D eigenvalue weighted by Crippen LogP contribution is -2.52. The number of nitrogens with zero attached hydrogens (tertiary/aromatic N) is 1. The van der Waals surface area contributed by atoms with Gasteiger partial charge in [0.25, 0.3) is 0 Å². The maximum absolute atomic E-state index is 12.4. The second-order valence-electron chi connectivity index (χ2n) is 4.66. The number of esters is 1. The van der Waals surface area contributed by atoms with E-state index in [1.165, 1.54) is 0 Å². The van der Waals surface area contributed by atoms with Gasteiger partial charge in [0.05, 0.1) is 17.5 Å². The van der Waals surface area contributed by atoms with Crippen LogP contribution in [0.25, 0.3) is 0 Å². The van der Waals surface area contributed by atoms with Crippen molar-refractivity contribution in [3.8, 4) is 0 Å². The fourth-order valence-corrected chi connectivity index (χ4v) is 2.64. The van der Waals surface area contributed by atoms with Gasteiger partial charge in [0, 0.05) is 6.54 Å². The first-order chi connectivity index (χ1) is 9.02. The number of carbonyl (C=O) groups is 2. The highest BCUT2D eigenvalue weighted by Crippen LogP contribution is 2.21. The molecule has 1 heterocycles. The quantitative estimate of drug-likeness (QED) is 0.608. The van der Waals surface area contributed by atoms with Crippen LogP contribution in [0.3, 0.4) is 0 Å². The van der Waals surface area contributed by atoms with Crippen LogP contribution in [-0.2, 0) is 14.3 Å². The van der Waals surface area contributed by atoms with Gasteiger partial charge in [-0.25, -0.2) is 4.79 Å². The minimum Gasteiger partial charge on any atom is -0.464 e. The molecule has 1 aliphatic rings. The van der Waals surface area contributed by atoms with Crippen molar-refractivity contribution in [1.82, 2.24) is 4.90 Å². The Bertz CT molecular complexity index is 360. The maximum atomic E-state index is 12.4. The molecule has 0 aliphatic carbocycles. The van der Waals surface area contributed by atoms with E-state index in [2.05, 4.69) is 0 Å². The summed E-state index contributed by atoms with van der Waals surface area (Å²) in [4.78, 5) is 26.1. The summed E-state index contributed by atoms with van der Waals surface area (Å²) in [5.41, 5.74) is 5.60. The Hall–Kier alpha value is -1.17. The minimum absolute atomic E-state index is 0.146. The lowest BCUT2D eigenvalue weighted by molar-refractivity contribution is -0.157. The van der Waals surface area contributed by atoms with Gasteiger partial charge in [0.15, 0.2) is 0 Å². The summed E-state index contributed by atoms with van der Waals surface area (Å²) in [6.45, 7) is 4.52. The molecule has 2 unspecified atom stereocenters. The summed E-state index contributed by atoms with van der Waals surface area (Å²) >= 11 is 4.93. The Morgan fingerprint density at radius 3 is 2.63 bits per heavy atom. The fourth-order valence-electron chi connectivity index (χ4n) is 2.38. The second-order valence-corrected chi connectivity index (χ2v) is 5.13. The molecule has 6 heteroatoms. The Balaban J connectivity index is 2.84. The Kier molecular flexibility index (Phi) is 6.21. The van der Waals surface area contributed by atoms with Crippen molar-refractivity contribution in [2.45, 2.75) is 45.6 Å². The fraction of sp³-hybridized carbons (Fsp3) is 0.769. The van der Waals surface area contributed by atoms with Crippen LogP contribution >= 0.6 is 12.2 Å². The summed E-state index contributed by atoms with van der Waals surface area (Å²) in [5.74, 6) is -0.953. The van der Waals surface area contributed by atoms with E-state index in [9.17, 15) is 9.59 Å². The predicted molar refractivity (Wildman–Crippen MR) is 76.6 cm³/mol. The standard InChI is InChI=1S/C13H22N2O3S/c1-3-9(11(14)19)12(16)15-8-6-5-7-10(15)13(17)18-4-2/h9-10H,3-8H2,1-2H3,(H2,14,19). The Morgan fingerprint density at radius 1 is 1.42 bits per heavy atom. The molecule has 1 rings (SSSR count). The third kappa shape index (κ3) is 3.89. The van der Waals surface area contributed by atoms with E-state index in [-0.39, 0.29) is 16.9 Å². The van der Waals surface area contributed by atoms with E-state index in [4.69, 9.17) is 22.7 Å². The number of hydrogen-bond acceptors (Lipinski definition) is 4. The number of ether oxygens (including phenoxy) is 1. The average molecular weight is 286 g/mol. The van der Waals surface area contributed by atoms with Crippen molar-refractivity contribution in [3.05, 3.63) is 0 Å². The van der Waals surface area contributed by atoms with Crippen LogP contribution in [0.2, 0.25) is 0 Å². The second kappa shape index (κ2) is 7.43. The molecule has 5 nitrogen and oxygen atoms in total. The minimum atomic E-state index is -0.482. The van der Waals surface area contributed by atoms with Crippen LogP contribution in [0.15, 0.2) is 0 Å². The lowest BCUT2D eigenvalue weighted by atomic mass is 9.97. The van der Waals surface area contributed by atoms with Crippen molar-refractivity contribution in [1.29, 1.82) is 0 Å². The summed E-state index contributed by atoms with van der Waals surface area (Å²) in [7, 11) is 0. The van der Waals surface area contributed by atoms with Gasteiger partial charge in [-0.05, 0) is 32.6 Å². The first-order valence-electron chi connectivity index (χ1n) is 6.79. The molecule has 1 saturated heterocycles. The van der Waals surface area contributed by atoms with Crippen LogP contribution in [0.4, 0.5) is 0 Å². The predicted octanol–water partition coefficient (Wildman–Crippen LogP) is 1.24. The summed E-state index contributed by atoms with van der Waals surface area (Å²) in [5, 5.41) is 0. The molecule has 0 spiro atoms. The summed E-state index contributed by atoms with van der Waals surface area (Å²) in [6, 6.07) is -0.482. The SMILES string of the molecule is CCOC(=O)C1CCCCN1C(=O)C(CC)C(N)=S. The normalized spacial score (nSPS) is 20.7. The van der Waals surface area contributed by atoms with E-state index in [1.807, 2.05) is 6.92 Å². The first kappa shape index (κ1) is 15.9. The Labute approximate surface area is 119 Å². The van der Waals surface area contributed by atoms with E-state index in [1.54, 1.807) is 11.8 Å². The van der Waals surface area contributed by atoms with Crippen molar-refractivity contribution in [2.75, 3.05) is 13.2 Å². The van der Waals surface area contributed by atoms with Crippen LogP contribution in [-0.4, -0.2) is 41.0 Å². The molecule has 2 N–H and O–H groups in total. The molecule has 1 fully saturated rings. The molecular formula is C13H22N2O3S. The molecule has 0 aromatic rings. The zero-order valence-electron chi connectivity index (χ0n) is 11.6.